The first-order chi connectivity index (χ1) is 13.1. The van der Waals surface area contributed by atoms with Gasteiger partial charge in [0, 0.05) is 19.0 Å². The lowest BCUT2D eigenvalue weighted by Crippen LogP contribution is -2.47. The molecule has 0 unspecified atom stereocenters. The number of carbonyl (C=O) groups is 1. The molecule has 4 nitrogen and oxygen atoms in total. The summed E-state index contributed by atoms with van der Waals surface area (Å²) in [7, 11) is 3.30. The van der Waals surface area contributed by atoms with E-state index in [2.05, 4.69) is 5.32 Å². The molecule has 27 heavy (non-hydrogen) atoms. The predicted molar refractivity (Wildman–Crippen MR) is 106 cm³/mol. The Hall–Kier alpha value is -1.71. The fourth-order valence-corrected chi connectivity index (χ4v) is 6.42. The highest BCUT2D eigenvalue weighted by Gasteiger charge is 2.50. The number of rotatable bonds is 8. The Morgan fingerprint density at radius 3 is 2.07 bits per heavy atom. The normalized spacial score (nSPS) is 31.0. The highest BCUT2D eigenvalue weighted by atomic mass is 16.5. The van der Waals surface area contributed by atoms with E-state index in [1.807, 2.05) is 18.2 Å². The zero-order valence-corrected chi connectivity index (χ0v) is 16.8. The van der Waals surface area contributed by atoms with Crippen LogP contribution in [0.25, 0.3) is 0 Å². The van der Waals surface area contributed by atoms with Crippen molar-refractivity contribution in [2.24, 2.45) is 23.2 Å². The van der Waals surface area contributed by atoms with Crippen LogP contribution in [0.2, 0.25) is 0 Å². The highest BCUT2D eigenvalue weighted by Crippen LogP contribution is 2.61. The molecule has 1 N–H and O–H groups in total. The van der Waals surface area contributed by atoms with Gasteiger partial charge < -0.3 is 14.8 Å². The van der Waals surface area contributed by atoms with Crippen LogP contribution in [0.15, 0.2) is 18.2 Å². The number of nitrogens with one attached hydrogen (secondary N) is 1. The van der Waals surface area contributed by atoms with Gasteiger partial charge in [-0.15, -0.1) is 0 Å². The largest absolute Gasteiger partial charge is 0.497 e. The van der Waals surface area contributed by atoms with E-state index in [4.69, 9.17) is 9.47 Å². The Labute approximate surface area is 163 Å². The van der Waals surface area contributed by atoms with Crippen LogP contribution in [-0.4, -0.2) is 26.7 Å². The molecule has 0 saturated heterocycles. The molecule has 0 spiro atoms. The minimum Gasteiger partial charge on any atom is -0.497 e. The maximum Gasteiger partial charge on any atom is 0.220 e. The SMILES string of the molecule is COc1cc(CCC(=O)NCCC23CC4CC(CC(C4)C2)C3)cc(OC)c1. The van der Waals surface area contributed by atoms with Crippen molar-refractivity contribution in [2.45, 2.75) is 57.8 Å². The Morgan fingerprint density at radius 2 is 1.56 bits per heavy atom. The molecule has 0 heterocycles. The molecular weight excluding hydrogens is 338 g/mol. The molecule has 148 valence electrons. The molecular formula is C23H33NO3. The number of carbonyl (C=O) groups excluding carboxylic acids is 1. The van der Waals surface area contributed by atoms with E-state index in [1.165, 1.54) is 44.9 Å². The molecule has 4 bridgehead atoms. The number of methoxy groups -OCH3 is 2. The molecule has 0 aliphatic heterocycles. The first-order valence-electron chi connectivity index (χ1n) is 10.6. The molecule has 0 atom stereocenters. The van der Waals surface area contributed by atoms with Gasteiger partial charge >= 0.3 is 0 Å². The van der Waals surface area contributed by atoms with Crippen LogP contribution in [0.1, 0.15) is 56.9 Å². The van der Waals surface area contributed by atoms with E-state index in [0.717, 1.165) is 41.4 Å². The zero-order chi connectivity index (χ0) is 18.9. The average molecular weight is 372 g/mol. The minimum atomic E-state index is 0.154. The van der Waals surface area contributed by atoms with Crippen LogP contribution >= 0.6 is 0 Å². The summed E-state index contributed by atoms with van der Waals surface area (Å²) in [5.74, 6) is 4.64. The minimum absolute atomic E-state index is 0.154. The van der Waals surface area contributed by atoms with E-state index in [9.17, 15) is 4.79 Å². The second kappa shape index (κ2) is 7.73. The second-order valence-electron chi connectivity index (χ2n) is 9.24. The molecule has 1 aromatic rings. The number of hydrogen-bond donors (Lipinski definition) is 1. The van der Waals surface area contributed by atoms with Crippen LogP contribution in [0.5, 0.6) is 11.5 Å². The molecule has 4 saturated carbocycles. The highest BCUT2D eigenvalue weighted by molar-refractivity contribution is 5.76. The van der Waals surface area contributed by atoms with Crippen LogP contribution in [0.4, 0.5) is 0 Å². The van der Waals surface area contributed by atoms with Crippen molar-refractivity contribution in [3.63, 3.8) is 0 Å². The van der Waals surface area contributed by atoms with Gasteiger partial charge in [0.1, 0.15) is 11.5 Å². The maximum absolute atomic E-state index is 12.3. The molecule has 4 aliphatic carbocycles. The standard InChI is InChI=1S/C23H33NO3/c1-26-20-10-16(11-21(12-20)27-2)3-4-22(25)24-6-5-23-13-17-7-18(14-23)9-19(8-17)15-23/h10-12,17-19H,3-9,13-15H2,1-2H3,(H,24,25). The number of hydrogen-bond acceptors (Lipinski definition) is 3. The summed E-state index contributed by atoms with van der Waals surface area (Å²) in [4.78, 5) is 12.3. The Balaban J connectivity index is 1.24. The Kier molecular flexibility index (Phi) is 5.34. The van der Waals surface area contributed by atoms with Crippen molar-refractivity contribution in [3.05, 3.63) is 23.8 Å². The zero-order valence-electron chi connectivity index (χ0n) is 16.8. The summed E-state index contributed by atoms with van der Waals surface area (Å²) in [6, 6.07) is 5.81. The van der Waals surface area contributed by atoms with Crippen LogP contribution in [-0.2, 0) is 11.2 Å². The second-order valence-corrected chi connectivity index (χ2v) is 9.24. The van der Waals surface area contributed by atoms with Gasteiger partial charge in [-0.3, -0.25) is 4.79 Å². The van der Waals surface area contributed by atoms with E-state index < -0.39 is 0 Å². The summed E-state index contributed by atoms with van der Waals surface area (Å²) >= 11 is 0. The monoisotopic (exact) mass is 371 g/mol. The fourth-order valence-electron chi connectivity index (χ4n) is 6.42. The van der Waals surface area contributed by atoms with Crippen molar-refractivity contribution in [3.8, 4) is 11.5 Å². The van der Waals surface area contributed by atoms with Crippen LogP contribution in [0, 0.1) is 23.2 Å². The van der Waals surface area contributed by atoms with E-state index in [-0.39, 0.29) is 5.91 Å². The van der Waals surface area contributed by atoms with Crippen molar-refractivity contribution >= 4 is 5.91 Å². The first kappa shape index (κ1) is 18.6. The third-order valence-electron chi connectivity index (χ3n) is 7.19. The summed E-state index contributed by atoms with van der Waals surface area (Å²) in [5, 5.41) is 3.18. The van der Waals surface area contributed by atoms with Gasteiger partial charge in [-0.05, 0) is 92.2 Å². The molecule has 1 amide bonds. The third-order valence-corrected chi connectivity index (χ3v) is 7.19. The van der Waals surface area contributed by atoms with E-state index in [1.54, 1.807) is 14.2 Å². The number of amides is 1. The van der Waals surface area contributed by atoms with Crippen molar-refractivity contribution in [1.29, 1.82) is 0 Å². The van der Waals surface area contributed by atoms with Crippen molar-refractivity contribution in [1.82, 2.24) is 5.32 Å². The lowest BCUT2D eigenvalue weighted by Gasteiger charge is -2.57. The van der Waals surface area contributed by atoms with Gasteiger partial charge in [-0.25, -0.2) is 0 Å². The van der Waals surface area contributed by atoms with Gasteiger partial charge in [0.05, 0.1) is 14.2 Å². The molecule has 4 heteroatoms. The predicted octanol–water partition coefficient (Wildman–Crippen LogP) is 4.36. The molecule has 4 fully saturated rings. The van der Waals surface area contributed by atoms with Crippen molar-refractivity contribution in [2.75, 3.05) is 20.8 Å². The van der Waals surface area contributed by atoms with E-state index in [0.29, 0.717) is 18.3 Å². The summed E-state index contributed by atoms with van der Waals surface area (Å²) < 4.78 is 10.6. The topological polar surface area (TPSA) is 47.6 Å². The van der Waals surface area contributed by atoms with Gasteiger partial charge in [0.2, 0.25) is 5.91 Å². The van der Waals surface area contributed by atoms with Gasteiger partial charge in [0.25, 0.3) is 0 Å². The summed E-state index contributed by atoms with van der Waals surface area (Å²) in [6.07, 6.45) is 11.1. The average Bonchev–Trinajstić information content (AvgIpc) is 2.64. The van der Waals surface area contributed by atoms with Crippen LogP contribution < -0.4 is 14.8 Å². The molecule has 5 rings (SSSR count). The molecule has 1 aromatic carbocycles. The quantitative estimate of drug-likeness (QED) is 0.739. The van der Waals surface area contributed by atoms with Gasteiger partial charge in [-0.2, -0.15) is 0 Å². The maximum atomic E-state index is 12.3. The van der Waals surface area contributed by atoms with Gasteiger partial charge in [-0.1, -0.05) is 0 Å². The smallest absolute Gasteiger partial charge is 0.220 e. The number of ether oxygens (including phenoxy) is 2. The van der Waals surface area contributed by atoms with E-state index >= 15 is 0 Å². The first-order valence-corrected chi connectivity index (χ1v) is 10.6. The lowest BCUT2D eigenvalue weighted by atomic mass is 9.49. The number of aryl methyl sites for hydroxylation is 1. The Bertz CT molecular complexity index is 627. The molecule has 0 radical (unpaired) electrons. The summed E-state index contributed by atoms with van der Waals surface area (Å²) in [6.45, 7) is 0.840. The fraction of sp³-hybridized carbons (Fsp3) is 0.696. The number of benzene rings is 1. The lowest BCUT2D eigenvalue weighted by molar-refractivity contribution is -0.121. The van der Waals surface area contributed by atoms with Crippen molar-refractivity contribution < 1.29 is 14.3 Å². The molecule has 0 aromatic heterocycles. The van der Waals surface area contributed by atoms with Crippen LogP contribution in [0.3, 0.4) is 0 Å². The Morgan fingerprint density at radius 1 is 1.00 bits per heavy atom. The third kappa shape index (κ3) is 4.25. The van der Waals surface area contributed by atoms with Gasteiger partial charge in [0.15, 0.2) is 0 Å². The molecule has 4 aliphatic rings. The summed E-state index contributed by atoms with van der Waals surface area (Å²) in [5.41, 5.74) is 1.62.